The van der Waals surface area contributed by atoms with E-state index in [0.29, 0.717) is 10.8 Å². The predicted molar refractivity (Wildman–Crippen MR) is 61.4 cm³/mol. The Kier molecular flexibility index (Phi) is 4.37. The van der Waals surface area contributed by atoms with Crippen LogP contribution in [0.2, 0.25) is 5.02 Å². The third-order valence-electron chi connectivity index (χ3n) is 1.63. The molecule has 0 unspecified atom stereocenters. The fraction of sp³-hybridized carbons (Fsp3) is 0.250. The minimum Gasteiger partial charge on any atom is -0.485 e. The Morgan fingerprint density at radius 1 is 1.47 bits per heavy atom. The summed E-state index contributed by atoms with van der Waals surface area (Å²) in [6, 6.07) is 6.98. The minimum absolute atomic E-state index is 0.0463. The van der Waals surface area contributed by atoms with Crippen LogP contribution in [-0.2, 0) is 4.79 Å². The summed E-state index contributed by atoms with van der Waals surface area (Å²) in [5.41, 5.74) is 0.967. The lowest BCUT2D eigenvalue weighted by Gasteiger charge is -2.03. The maximum Gasteiger partial charge on any atom is 0.192 e. The van der Waals surface area contributed by atoms with Crippen LogP contribution in [0, 0.1) is 0 Å². The normalized spacial score (nSPS) is 9.53. The lowest BCUT2D eigenvalue weighted by molar-refractivity contribution is -0.116. The quantitative estimate of drug-likeness (QED) is 0.734. The van der Waals surface area contributed by atoms with Gasteiger partial charge in [0.1, 0.15) is 5.75 Å². The molecule has 0 aliphatic heterocycles. The van der Waals surface area contributed by atoms with Crippen molar-refractivity contribution in [3.8, 4) is 5.75 Å². The molecule has 0 aromatic heterocycles. The average molecular weight is 225 g/mol. The van der Waals surface area contributed by atoms with Crippen LogP contribution in [0.3, 0.4) is 0 Å². The molecule has 0 bridgehead atoms. The van der Waals surface area contributed by atoms with Gasteiger partial charge in [-0.15, -0.1) is 0 Å². The molecule has 0 saturated carbocycles. The number of rotatable bonds is 4. The Hall–Kier alpha value is -1.28. The first-order valence-corrected chi connectivity index (χ1v) is 5.02. The van der Waals surface area contributed by atoms with Gasteiger partial charge in [0.2, 0.25) is 0 Å². The van der Waals surface area contributed by atoms with E-state index >= 15 is 0 Å². The van der Waals surface area contributed by atoms with Crippen molar-refractivity contribution in [2.75, 3.05) is 6.61 Å². The molecule has 0 N–H and O–H groups in total. The van der Waals surface area contributed by atoms with Gasteiger partial charge in [0.15, 0.2) is 12.4 Å². The molecular weight excluding hydrogens is 212 g/mol. The molecule has 0 radical (unpaired) electrons. The molecular formula is C12H13ClO2. The van der Waals surface area contributed by atoms with E-state index < -0.39 is 0 Å². The number of benzene rings is 1. The van der Waals surface area contributed by atoms with Gasteiger partial charge in [0, 0.05) is 5.02 Å². The zero-order chi connectivity index (χ0) is 11.3. The van der Waals surface area contributed by atoms with E-state index in [1.165, 1.54) is 0 Å². The highest BCUT2D eigenvalue weighted by atomic mass is 35.5. The highest BCUT2D eigenvalue weighted by Crippen LogP contribution is 2.16. The molecule has 0 atom stereocenters. The standard InChI is InChI=1S/C12H13ClO2/c1-9(2)6-11(14)8-15-12-5-3-4-10(13)7-12/h3-7H,8H2,1-2H3. The Morgan fingerprint density at radius 2 is 2.20 bits per heavy atom. The Bertz CT molecular complexity index is 379. The Morgan fingerprint density at radius 3 is 2.80 bits per heavy atom. The molecule has 0 aliphatic rings. The van der Waals surface area contributed by atoms with Gasteiger partial charge in [-0.2, -0.15) is 0 Å². The molecule has 1 rings (SSSR count). The summed E-state index contributed by atoms with van der Waals surface area (Å²) in [4.78, 5) is 11.3. The van der Waals surface area contributed by atoms with E-state index in [0.717, 1.165) is 5.57 Å². The van der Waals surface area contributed by atoms with Gasteiger partial charge in [-0.1, -0.05) is 23.2 Å². The number of ketones is 1. The molecule has 0 aliphatic carbocycles. The monoisotopic (exact) mass is 224 g/mol. The van der Waals surface area contributed by atoms with Crippen LogP contribution in [0.25, 0.3) is 0 Å². The maximum atomic E-state index is 11.3. The molecule has 0 amide bonds. The van der Waals surface area contributed by atoms with E-state index in [-0.39, 0.29) is 12.4 Å². The molecule has 0 heterocycles. The number of halogens is 1. The second-order valence-corrected chi connectivity index (χ2v) is 3.87. The fourth-order valence-corrected chi connectivity index (χ4v) is 1.26. The van der Waals surface area contributed by atoms with Crippen molar-refractivity contribution in [3.05, 3.63) is 40.9 Å². The predicted octanol–water partition coefficient (Wildman–Crippen LogP) is 3.25. The molecule has 80 valence electrons. The van der Waals surface area contributed by atoms with Crippen LogP contribution in [0.4, 0.5) is 0 Å². The summed E-state index contributed by atoms with van der Waals surface area (Å²) in [6.07, 6.45) is 1.56. The van der Waals surface area contributed by atoms with Crippen LogP contribution >= 0.6 is 11.6 Å². The second-order valence-electron chi connectivity index (χ2n) is 3.43. The molecule has 3 heteroatoms. The second kappa shape index (κ2) is 5.56. The smallest absolute Gasteiger partial charge is 0.192 e. The third kappa shape index (κ3) is 4.66. The van der Waals surface area contributed by atoms with Crippen LogP contribution in [-0.4, -0.2) is 12.4 Å². The van der Waals surface area contributed by atoms with Crippen molar-refractivity contribution in [3.63, 3.8) is 0 Å². The first-order valence-electron chi connectivity index (χ1n) is 4.64. The highest BCUT2D eigenvalue weighted by Gasteiger charge is 1.99. The van der Waals surface area contributed by atoms with Gasteiger partial charge < -0.3 is 4.74 Å². The lowest BCUT2D eigenvalue weighted by Crippen LogP contribution is -2.08. The van der Waals surface area contributed by atoms with Crippen LogP contribution in [0.15, 0.2) is 35.9 Å². The minimum atomic E-state index is -0.0463. The summed E-state index contributed by atoms with van der Waals surface area (Å²) < 4.78 is 5.27. The number of ether oxygens (including phenoxy) is 1. The van der Waals surface area contributed by atoms with Crippen molar-refractivity contribution in [2.45, 2.75) is 13.8 Å². The summed E-state index contributed by atoms with van der Waals surface area (Å²) in [5, 5.41) is 0.599. The zero-order valence-corrected chi connectivity index (χ0v) is 9.54. The van der Waals surface area contributed by atoms with Gasteiger partial charge in [-0.3, -0.25) is 4.79 Å². The van der Waals surface area contributed by atoms with Crippen molar-refractivity contribution < 1.29 is 9.53 Å². The third-order valence-corrected chi connectivity index (χ3v) is 1.86. The largest absolute Gasteiger partial charge is 0.485 e. The van der Waals surface area contributed by atoms with Gasteiger partial charge >= 0.3 is 0 Å². The summed E-state index contributed by atoms with van der Waals surface area (Å²) >= 11 is 5.77. The number of allylic oxidation sites excluding steroid dienone is 1. The van der Waals surface area contributed by atoms with E-state index in [2.05, 4.69) is 0 Å². The lowest BCUT2D eigenvalue weighted by atomic mass is 10.2. The topological polar surface area (TPSA) is 26.3 Å². The molecule has 15 heavy (non-hydrogen) atoms. The molecule has 0 saturated heterocycles. The number of carbonyl (C=O) groups excluding carboxylic acids is 1. The van der Waals surface area contributed by atoms with Gasteiger partial charge in [0.25, 0.3) is 0 Å². The average Bonchev–Trinajstić information content (AvgIpc) is 2.14. The first-order chi connectivity index (χ1) is 7.08. The molecule has 2 nitrogen and oxygen atoms in total. The fourth-order valence-electron chi connectivity index (χ4n) is 1.07. The zero-order valence-electron chi connectivity index (χ0n) is 8.79. The van der Waals surface area contributed by atoms with Crippen LogP contribution < -0.4 is 4.74 Å². The van der Waals surface area contributed by atoms with E-state index in [4.69, 9.17) is 16.3 Å². The molecule has 0 fully saturated rings. The van der Waals surface area contributed by atoms with Crippen molar-refractivity contribution >= 4 is 17.4 Å². The SMILES string of the molecule is CC(C)=CC(=O)COc1cccc(Cl)c1. The van der Waals surface area contributed by atoms with Crippen LogP contribution in [0.5, 0.6) is 5.75 Å². The first kappa shape index (κ1) is 11.8. The summed E-state index contributed by atoms with van der Waals surface area (Å²) in [7, 11) is 0. The summed E-state index contributed by atoms with van der Waals surface area (Å²) in [6.45, 7) is 3.79. The van der Waals surface area contributed by atoms with Crippen molar-refractivity contribution in [1.82, 2.24) is 0 Å². The highest BCUT2D eigenvalue weighted by molar-refractivity contribution is 6.30. The van der Waals surface area contributed by atoms with Crippen LogP contribution in [0.1, 0.15) is 13.8 Å². The molecule has 0 spiro atoms. The van der Waals surface area contributed by atoms with Crippen molar-refractivity contribution in [2.24, 2.45) is 0 Å². The molecule has 1 aromatic rings. The number of carbonyl (C=O) groups is 1. The van der Waals surface area contributed by atoms with Crippen molar-refractivity contribution in [1.29, 1.82) is 0 Å². The van der Waals surface area contributed by atoms with E-state index in [1.807, 2.05) is 13.8 Å². The Labute approximate surface area is 94.5 Å². The maximum absolute atomic E-state index is 11.3. The Balaban J connectivity index is 2.51. The van der Waals surface area contributed by atoms with Gasteiger partial charge in [-0.25, -0.2) is 0 Å². The van der Waals surface area contributed by atoms with Gasteiger partial charge in [-0.05, 0) is 38.1 Å². The van der Waals surface area contributed by atoms with E-state index in [9.17, 15) is 4.79 Å². The number of hydrogen-bond donors (Lipinski definition) is 0. The summed E-state index contributed by atoms with van der Waals surface area (Å²) in [5.74, 6) is 0.563. The van der Waals surface area contributed by atoms with Gasteiger partial charge in [0.05, 0.1) is 0 Å². The van der Waals surface area contributed by atoms with E-state index in [1.54, 1.807) is 30.3 Å². The molecule has 1 aromatic carbocycles. The number of hydrogen-bond acceptors (Lipinski definition) is 2.